The zero-order valence-corrected chi connectivity index (χ0v) is 12.1. The fraction of sp³-hybridized carbons (Fsp3) is 0.647. The first-order valence-electron chi connectivity index (χ1n) is 7.57. The van der Waals surface area contributed by atoms with Gasteiger partial charge in [0.05, 0.1) is 12.3 Å². The van der Waals surface area contributed by atoms with E-state index in [0.717, 1.165) is 19.2 Å². The molecule has 2 fully saturated rings. The molecule has 0 spiro atoms. The van der Waals surface area contributed by atoms with Crippen molar-refractivity contribution in [1.29, 1.82) is 0 Å². The Morgan fingerprint density at radius 3 is 2.74 bits per heavy atom. The fourth-order valence-corrected chi connectivity index (χ4v) is 3.99. The lowest BCUT2D eigenvalue weighted by molar-refractivity contribution is -0.191. The number of hydrogen-bond acceptors (Lipinski definition) is 2. The zero-order chi connectivity index (χ0) is 13.3. The molecular formula is C17H25NO. The quantitative estimate of drug-likeness (QED) is 0.806. The van der Waals surface area contributed by atoms with E-state index in [1.165, 1.54) is 31.2 Å². The monoisotopic (exact) mass is 259 g/mol. The van der Waals surface area contributed by atoms with Gasteiger partial charge in [-0.3, -0.25) is 4.90 Å². The van der Waals surface area contributed by atoms with Crippen LogP contribution in [0, 0.1) is 5.92 Å². The zero-order valence-electron chi connectivity index (χ0n) is 12.1. The van der Waals surface area contributed by atoms with E-state index in [4.69, 9.17) is 4.74 Å². The molecule has 19 heavy (non-hydrogen) atoms. The van der Waals surface area contributed by atoms with Crippen LogP contribution in [0.4, 0.5) is 0 Å². The van der Waals surface area contributed by atoms with Crippen LogP contribution in [0.5, 0.6) is 0 Å². The fourth-order valence-electron chi connectivity index (χ4n) is 3.99. The van der Waals surface area contributed by atoms with Crippen LogP contribution < -0.4 is 0 Å². The molecule has 2 heteroatoms. The van der Waals surface area contributed by atoms with Crippen molar-refractivity contribution in [3.8, 4) is 0 Å². The molecule has 1 aromatic carbocycles. The minimum absolute atomic E-state index is 0.0128. The lowest BCUT2D eigenvalue weighted by atomic mass is 9.71. The third kappa shape index (κ3) is 2.56. The normalized spacial score (nSPS) is 35.9. The molecule has 1 saturated carbocycles. The van der Waals surface area contributed by atoms with Crippen LogP contribution in [0.25, 0.3) is 0 Å². The third-order valence-corrected chi connectivity index (χ3v) is 5.08. The summed E-state index contributed by atoms with van der Waals surface area (Å²) in [5.41, 5.74) is 1.41. The lowest BCUT2D eigenvalue weighted by Crippen LogP contribution is -2.58. The number of hydrogen-bond donors (Lipinski definition) is 0. The van der Waals surface area contributed by atoms with E-state index in [2.05, 4.69) is 49.2 Å². The molecule has 0 aromatic heterocycles. The predicted molar refractivity (Wildman–Crippen MR) is 78.0 cm³/mol. The Labute approximate surface area is 116 Å². The summed E-state index contributed by atoms with van der Waals surface area (Å²) in [6, 6.07) is 11.5. The van der Waals surface area contributed by atoms with Crippen molar-refractivity contribution in [2.75, 3.05) is 13.8 Å². The molecule has 1 aliphatic heterocycles. The van der Waals surface area contributed by atoms with Crippen molar-refractivity contribution in [3.05, 3.63) is 35.9 Å². The lowest BCUT2D eigenvalue weighted by Gasteiger charge is -2.52. The molecule has 0 amide bonds. The van der Waals surface area contributed by atoms with E-state index >= 15 is 0 Å². The smallest absolute Gasteiger partial charge is 0.0998 e. The SMILES string of the molecule is CN1COC(C)(Cc2ccccc2)C2CCCCC21. The van der Waals surface area contributed by atoms with Crippen LogP contribution in [0.15, 0.2) is 30.3 Å². The van der Waals surface area contributed by atoms with Crippen molar-refractivity contribution in [1.82, 2.24) is 4.90 Å². The topological polar surface area (TPSA) is 12.5 Å². The van der Waals surface area contributed by atoms with Crippen molar-refractivity contribution < 1.29 is 4.74 Å². The summed E-state index contributed by atoms with van der Waals surface area (Å²) in [4.78, 5) is 2.41. The molecule has 3 atom stereocenters. The van der Waals surface area contributed by atoms with Gasteiger partial charge in [0, 0.05) is 18.4 Å². The molecule has 1 aliphatic carbocycles. The first-order valence-corrected chi connectivity index (χ1v) is 7.57. The molecule has 0 bridgehead atoms. The van der Waals surface area contributed by atoms with Gasteiger partial charge in [-0.2, -0.15) is 0 Å². The van der Waals surface area contributed by atoms with Crippen molar-refractivity contribution >= 4 is 0 Å². The van der Waals surface area contributed by atoms with Gasteiger partial charge in [-0.05, 0) is 32.4 Å². The summed E-state index contributed by atoms with van der Waals surface area (Å²) in [5.74, 6) is 0.681. The average molecular weight is 259 g/mol. The molecular weight excluding hydrogens is 234 g/mol. The molecule has 1 aromatic rings. The first kappa shape index (κ1) is 13.1. The second-order valence-electron chi connectivity index (χ2n) is 6.46. The average Bonchev–Trinajstić information content (AvgIpc) is 2.45. The van der Waals surface area contributed by atoms with E-state index in [1.807, 2.05) is 0 Å². The molecule has 0 N–H and O–H groups in total. The second kappa shape index (κ2) is 5.26. The maximum absolute atomic E-state index is 6.28. The minimum atomic E-state index is 0.0128. The Balaban J connectivity index is 1.81. The van der Waals surface area contributed by atoms with E-state index in [0.29, 0.717) is 5.92 Å². The van der Waals surface area contributed by atoms with Gasteiger partial charge in [0.2, 0.25) is 0 Å². The van der Waals surface area contributed by atoms with Crippen LogP contribution in [-0.2, 0) is 11.2 Å². The molecule has 3 rings (SSSR count). The van der Waals surface area contributed by atoms with Gasteiger partial charge < -0.3 is 4.74 Å². The summed E-state index contributed by atoms with van der Waals surface area (Å²) in [5, 5.41) is 0. The highest BCUT2D eigenvalue weighted by molar-refractivity contribution is 5.18. The Kier molecular flexibility index (Phi) is 3.64. The van der Waals surface area contributed by atoms with Crippen molar-refractivity contribution in [2.24, 2.45) is 5.92 Å². The Hall–Kier alpha value is -0.860. The maximum atomic E-state index is 6.28. The molecule has 1 saturated heterocycles. The molecule has 3 unspecified atom stereocenters. The van der Waals surface area contributed by atoms with Gasteiger partial charge in [-0.15, -0.1) is 0 Å². The number of ether oxygens (including phenoxy) is 1. The van der Waals surface area contributed by atoms with Gasteiger partial charge in [-0.1, -0.05) is 43.2 Å². The predicted octanol–water partition coefficient (Wildman–Crippen LogP) is 3.47. The first-order chi connectivity index (χ1) is 9.19. The molecule has 2 nitrogen and oxygen atoms in total. The largest absolute Gasteiger partial charge is 0.359 e. The summed E-state index contributed by atoms with van der Waals surface area (Å²) < 4.78 is 6.28. The summed E-state index contributed by atoms with van der Waals surface area (Å²) in [7, 11) is 2.21. The third-order valence-electron chi connectivity index (χ3n) is 5.08. The second-order valence-corrected chi connectivity index (χ2v) is 6.46. The molecule has 2 aliphatic rings. The number of benzene rings is 1. The van der Waals surface area contributed by atoms with Crippen LogP contribution in [0.1, 0.15) is 38.2 Å². The highest BCUT2D eigenvalue weighted by Crippen LogP contribution is 2.42. The number of rotatable bonds is 2. The molecule has 104 valence electrons. The Bertz CT molecular complexity index is 419. The van der Waals surface area contributed by atoms with Gasteiger partial charge in [0.1, 0.15) is 0 Å². The van der Waals surface area contributed by atoms with Gasteiger partial charge in [0.15, 0.2) is 0 Å². The van der Waals surface area contributed by atoms with Crippen molar-refractivity contribution in [2.45, 2.75) is 50.7 Å². The van der Waals surface area contributed by atoms with Gasteiger partial charge in [0.25, 0.3) is 0 Å². The van der Waals surface area contributed by atoms with Gasteiger partial charge >= 0.3 is 0 Å². The standard InChI is InChI=1S/C17H25NO/c1-17(12-14-8-4-3-5-9-14)15-10-6-7-11-16(15)18(2)13-19-17/h3-5,8-9,15-16H,6-7,10-13H2,1-2H3. The maximum Gasteiger partial charge on any atom is 0.0998 e. The number of fused-ring (bicyclic) bond motifs is 1. The van der Waals surface area contributed by atoms with Crippen LogP contribution >= 0.6 is 0 Å². The summed E-state index contributed by atoms with van der Waals surface area (Å²) >= 11 is 0. The Morgan fingerprint density at radius 2 is 1.95 bits per heavy atom. The van der Waals surface area contributed by atoms with Gasteiger partial charge in [-0.25, -0.2) is 0 Å². The van der Waals surface area contributed by atoms with Crippen LogP contribution in [-0.4, -0.2) is 30.3 Å². The number of nitrogens with zero attached hydrogens (tertiary/aromatic N) is 1. The van der Waals surface area contributed by atoms with E-state index < -0.39 is 0 Å². The highest BCUT2D eigenvalue weighted by Gasteiger charge is 2.46. The minimum Gasteiger partial charge on any atom is -0.359 e. The summed E-state index contributed by atoms with van der Waals surface area (Å²) in [6.45, 7) is 3.11. The van der Waals surface area contributed by atoms with E-state index in [9.17, 15) is 0 Å². The Morgan fingerprint density at radius 1 is 1.21 bits per heavy atom. The van der Waals surface area contributed by atoms with E-state index in [1.54, 1.807) is 0 Å². The molecule has 1 heterocycles. The van der Waals surface area contributed by atoms with E-state index in [-0.39, 0.29) is 5.60 Å². The van der Waals surface area contributed by atoms with Crippen LogP contribution in [0.3, 0.4) is 0 Å². The molecule has 0 radical (unpaired) electrons. The summed E-state index contributed by atoms with van der Waals surface area (Å²) in [6.07, 6.45) is 6.45. The van der Waals surface area contributed by atoms with Crippen molar-refractivity contribution in [3.63, 3.8) is 0 Å². The van der Waals surface area contributed by atoms with Crippen LogP contribution in [0.2, 0.25) is 0 Å². The highest BCUT2D eigenvalue weighted by atomic mass is 16.5.